The first-order valence-electron chi connectivity index (χ1n) is 6.03. The normalized spacial score (nSPS) is 10.8. The number of nitrogens with one attached hydrogen (secondary N) is 1. The van der Waals surface area contributed by atoms with Gasteiger partial charge in [-0.25, -0.2) is 0 Å². The van der Waals surface area contributed by atoms with Crippen LogP contribution in [-0.2, 0) is 19.6 Å². The highest BCUT2D eigenvalue weighted by Gasteiger charge is 2.06. The first kappa shape index (κ1) is 11.7. The molecule has 2 rings (SSSR count). The van der Waals surface area contributed by atoms with Crippen LogP contribution < -0.4 is 5.32 Å². The Hall–Kier alpha value is -1.78. The maximum atomic E-state index is 4.31. The molecular weight excluding hydrogens is 214 g/mol. The molecule has 0 unspecified atom stereocenters. The highest BCUT2D eigenvalue weighted by Crippen LogP contribution is 2.14. The van der Waals surface area contributed by atoms with E-state index in [4.69, 9.17) is 0 Å². The Morgan fingerprint density at radius 3 is 2.59 bits per heavy atom. The molecule has 0 bridgehead atoms. The van der Waals surface area contributed by atoms with E-state index < -0.39 is 0 Å². The van der Waals surface area contributed by atoms with Crippen LogP contribution >= 0.6 is 0 Å². The zero-order valence-corrected chi connectivity index (χ0v) is 10.6. The first-order valence-corrected chi connectivity index (χ1v) is 6.03. The van der Waals surface area contributed by atoms with E-state index >= 15 is 0 Å². The molecule has 0 aliphatic carbocycles. The zero-order chi connectivity index (χ0) is 12.3. The number of hydrogen-bond donors (Lipinski definition) is 1. The van der Waals surface area contributed by atoms with Crippen LogP contribution in [0.1, 0.15) is 25.2 Å². The van der Waals surface area contributed by atoms with E-state index in [1.807, 2.05) is 27.8 Å². The number of nitrogens with zero attached hydrogens (tertiary/aromatic N) is 4. The van der Waals surface area contributed by atoms with Crippen molar-refractivity contribution in [3.05, 3.63) is 29.8 Å². The fourth-order valence-electron chi connectivity index (χ4n) is 1.92. The summed E-state index contributed by atoms with van der Waals surface area (Å²) in [4.78, 5) is 0. The Balaban J connectivity index is 2.05. The zero-order valence-electron chi connectivity index (χ0n) is 10.6. The second-order valence-corrected chi connectivity index (χ2v) is 3.95. The molecule has 2 heterocycles. The highest BCUT2D eigenvalue weighted by atomic mass is 15.3. The van der Waals surface area contributed by atoms with Gasteiger partial charge in [0, 0.05) is 19.3 Å². The lowest BCUT2D eigenvalue weighted by molar-refractivity contribution is 0.627. The van der Waals surface area contributed by atoms with Crippen molar-refractivity contribution in [1.29, 1.82) is 0 Å². The minimum absolute atomic E-state index is 0.782. The number of rotatable bonds is 5. The molecule has 5 heteroatoms. The molecule has 2 aromatic heterocycles. The Morgan fingerprint density at radius 2 is 1.94 bits per heavy atom. The van der Waals surface area contributed by atoms with Crippen LogP contribution in [0.4, 0.5) is 5.69 Å². The summed E-state index contributed by atoms with van der Waals surface area (Å²) in [5, 5.41) is 12.0. The molecule has 2 aromatic rings. The van der Waals surface area contributed by atoms with Crippen molar-refractivity contribution in [1.82, 2.24) is 19.6 Å². The van der Waals surface area contributed by atoms with Gasteiger partial charge >= 0.3 is 0 Å². The van der Waals surface area contributed by atoms with Crippen molar-refractivity contribution in [2.45, 2.75) is 40.4 Å². The standard InChI is InChI=1S/C12H19N5/c1-4-16-10(3)12(9-15-16)13-8-11-6-7-14-17(11)5-2/h6-7,9,13H,4-5,8H2,1-3H3. The molecule has 0 aromatic carbocycles. The van der Waals surface area contributed by atoms with E-state index in [0.29, 0.717) is 0 Å². The summed E-state index contributed by atoms with van der Waals surface area (Å²) in [6.07, 6.45) is 3.72. The maximum absolute atomic E-state index is 4.31. The van der Waals surface area contributed by atoms with Gasteiger partial charge in [0.15, 0.2) is 0 Å². The van der Waals surface area contributed by atoms with Gasteiger partial charge in [-0.15, -0.1) is 0 Å². The number of anilines is 1. The molecular formula is C12H19N5. The third-order valence-corrected chi connectivity index (χ3v) is 2.97. The lowest BCUT2D eigenvalue weighted by Gasteiger charge is -2.07. The topological polar surface area (TPSA) is 47.7 Å². The minimum Gasteiger partial charge on any atom is -0.377 e. The van der Waals surface area contributed by atoms with Gasteiger partial charge in [0.05, 0.1) is 29.8 Å². The SMILES string of the molecule is CCn1nccc1CNc1cnn(CC)c1C. The molecule has 17 heavy (non-hydrogen) atoms. The smallest absolute Gasteiger partial charge is 0.0759 e. The van der Waals surface area contributed by atoms with Gasteiger partial charge in [-0.05, 0) is 26.8 Å². The van der Waals surface area contributed by atoms with Crippen LogP contribution in [-0.4, -0.2) is 19.6 Å². The van der Waals surface area contributed by atoms with Crippen molar-refractivity contribution in [3.63, 3.8) is 0 Å². The van der Waals surface area contributed by atoms with Crippen LogP contribution in [0.25, 0.3) is 0 Å². The molecule has 0 saturated carbocycles. The van der Waals surface area contributed by atoms with Crippen LogP contribution in [0.15, 0.2) is 18.5 Å². The number of aromatic nitrogens is 4. The number of hydrogen-bond acceptors (Lipinski definition) is 3. The fourth-order valence-corrected chi connectivity index (χ4v) is 1.92. The number of aryl methyl sites for hydroxylation is 2. The minimum atomic E-state index is 0.782. The molecule has 0 radical (unpaired) electrons. The van der Waals surface area contributed by atoms with E-state index in [0.717, 1.165) is 25.3 Å². The summed E-state index contributed by atoms with van der Waals surface area (Å²) >= 11 is 0. The second kappa shape index (κ2) is 5.03. The Bertz CT molecular complexity index is 483. The van der Waals surface area contributed by atoms with Gasteiger partial charge in [-0.1, -0.05) is 0 Å². The largest absolute Gasteiger partial charge is 0.377 e. The lowest BCUT2D eigenvalue weighted by atomic mass is 10.3. The monoisotopic (exact) mass is 233 g/mol. The van der Waals surface area contributed by atoms with E-state index in [2.05, 4.69) is 36.3 Å². The third-order valence-electron chi connectivity index (χ3n) is 2.97. The summed E-state index contributed by atoms with van der Waals surface area (Å²) in [6.45, 7) is 8.85. The Morgan fingerprint density at radius 1 is 1.18 bits per heavy atom. The average Bonchev–Trinajstić information content (AvgIpc) is 2.93. The molecule has 0 spiro atoms. The fraction of sp³-hybridized carbons (Fsp3) is 0.500. The predicted molar refractivity (Wildman–Crippen MR) is 67.9 cm³/mol. The van der Waals surface area contributed by atoms with Gasteiger partial charge in [-0.2, -0.15) is 10.2 Å². The van der Waals surface area contributed by atoms with Crippen molar-refractivity contribution in [3.8, 4) is 0 Å². The Kier molecular flexibility index (Phi) is 3.46. The van der Waals surface area contributed by atoms with Gasteiger partial charge in [0.1, 0.15) is 0 Å². The molecule has 5 nitrogen and oxygen atoms in total. The third kappa shape index (κ3) is 2.33. The van der Waals surface area contributed by atoms with Crippen LogP contribution in [0.3, 0.4) is 0 Å². The van der Waals surface area contributed by atoms with Crippen molar-refractivity contribution < 1.29 is 0 Å². The Labute approximate surface area is 101 Å². The second-order valence-electron chi connectivity index (χ2n) is 3.95. The van der Waals surface area contributed by atoms with Gasteiger partial charge < -0.3 is 5.32 Å². The summed E-state index contributed by atoms with van der Waals surface area (Å²) in [5.74, 6) is 0. The maximum Gasteiger partial charge on any atom is 0.0759 e. The molecule has 0 atom stereocenters. The van der Waals surface area contributed by atoms with Crippen LogP contribution in [0, 0.1) is 6.92 Å². The van der Waals surface area contributed by atoms with E-state index in [1.54, 1.807) is 0 Å². The average molecular weight is 233 g/mol. The quantitative estimate of drug-likeness (QED) is 0.859. The lowest BCUT2D eigenvalue weighted by Crippen LogP contribution is -2.08. The van der Waals surface area contributed by atoms with E-state index in [1.165, 1.54) is 11.4 Å². The molecule has 0 amide bonds. The van der Waals surface area contributed by atoms with Gasteiger partial charge in [-0.3, -0.25) is 9.36 Å². The van der Waals surface area contributed by atoms with Crippen LogP contribution in [0.5, 0.6) is 0 Å². The molecule has 0 aliphatic heterocycles. The molecule has 0 fully saturated rings. The van der Waals surface area contributed by atoms with E-state index in [9.17, 15) is 0 Å². The van der Waals surface area contributed by atoms with Crippen LogP contribution in [0.2, 0.25) is 0 Å². The van der Waals surface area contributed by atoms with Gasteiger partial charge in [0.25, 0.3) is 0 Å². The summed E-state index contributed by atoms with van der Waals surface area (Å²) in [6, 6.07) is 2.04. The van der Waals surface area contributed by atoms with Crippen molar-refractivity contribution in [2.75, 3.05) is 5.32 Å². The summed E-state index contributed by atoms with van der Waals surface area (Å²) < 4.78 is 3.98. The molecule has 1 N–H and O–H groups in total. The molecule has 92 valence electrons. The predicted octanol–water partition coefficient (Wildman–Crippen LogP) is 2.04. The van der Waals surface area contributed by atoms with E-state index in [-0.39, 0.29) is 0 Å². The van der Waals surface area contributed by atoms with Crippen molar-refractivity contribution >= 4 is 5.69 Å². The highest BCUT2D eigenvalue weighted by molar-refractivity contribution is 5.45. The van der Waals surface area contributed by atoms with Crippen molar-refractivity contribution in [2.24, 2.45) is 0 Å². The van der Waals surface area contributed by atoms with Gasteiger partial charge in [0.2, 0.25) is 0 Å². The molecule has 0 saturated heterocycles. The first-order chi connectivity index (χ1) is 8.26. The molecule has 0 aliphatic rings. The summed E-state index contributed by atoms with van der Waals surface area (Å²) in [7, 11) is 0. The summed E-state index contributed by atoms with van der Waals surface area (Å²) in [5.41, 5.74) is 3.46.